The van der Waals surface area contributed by atoms with Crippen molar-refractivity contribution in [3.63, 3.8) is 0 Å². The van der Waals surface area contributed by atoms with Gasteiger partial charge in [-0.3, -0.25) is 0 Å². The van der Waals surface area contributed by atoms with Gasteiger partial charge >= 0.3 is 0 Å². The highest BCUT2D eigenvalue weighted by atomic mass is 35.5. The summed E-state index contributed by atoms with van der Waals surface area (Å²) in [6.45, 7) is 4.97. The Kier molecular flexibility index (Phi) is 5.09. The topological polar surface area (TPSA) is 30.5 Å². The molecule has 1 aromatic carbocycles. The Bertz CT molecular complexity index is 366. The lowest BCUT2D eigenvalue weighted by Gasteiger charge is -2.23. The van der Waals surface area contributed by atoms with Crippen LogP contribution in [-0.4, -0.2) is 26.4 Å². The summed E-state index contributed by atoms with van der Waals surface area (Å²) in [4.78, 5) is 0. The first-order valence-corrected chi connectivity index (χ1v) is 5.99. The first kappa shape index (κ1) is 14.1. The minimum absolute atomic E-state index is 0.108. The summed E-state index contributed by atoms with van der Waals surface area (Å²) in [7, 11) is 3.34. The molecule has 17 heavy (non-hydrogen) atoms. The Hall–Kier alpha value is -0.930. The molecule has 0 heterocycles. The van der Waals surface area contributed by atoms with Crippen LogP contribution >= 0.6 is 11.6 Å². The van der Waals surface area contributed by atoms with Crippen molar-refractivity contribution in [3.05, 3.63) is 23.2 Å². The van der Waals surface area contributed by atoms with E-state index in [2.05, 4.69) is 19.2 Å². The van der Waals surface area contributed by atoms with Crippen LogP contribution in [0.4, 0.5) is 5.69 Å². The molecule has 0 atom stereocenters. The van der Waals surface area contributed by atoms with Crippen molar-refractivity contribution in [2.45, 2.75) is 25.9 Å². The highest BCUT2D eigenvalue weighted by Crippen LogP contribution is 2.27. The van der Waals surface area contributed by atoms with E-state index in [0.29, 0.717) is 10.8 Å². The van der Waals surface area contributed by atoms with E-state index < -0.39 is 0 Å². The number of ether oxygens (including phenoxy) is 2. The molecule has 1 N–H and O–H groups in total. The lowest BCUT2D eigenvalue weighted by molar-refractivity contribution is 0.0185. The van der Waals surface area contributed by atoms with Crippen molar-refractivity contribution in [1.82, 2.24) is 0 Å². The molecule has 0 saturated heterocycles. The molecular weight excluding hydrogens is 238 g/mol. The zero-order valence-corrected chi connectivity index (χ0v) is 11.6. The van der Waals surface area contributed by atoms with Crippen LogP contribution in [0.5, 0.6) is 5.75 Å². The van der Waals surface area contributed by atoms with Crippen molar-refractivity contribution in [3.8, 4) is 5.75 Å². The predicted octanol–water partition coefficient (Wildman–Crippen LogP) is 3.58. The maximum atomic E-state index is 5.95. The summed E-state index contributed by atoms with van der Waals surface area (Å²) in [6.07, 6.45) is 0.925. The molecule has 1 aromatic rings. The van der Waals surface area contributed by atoms with Gasteiger partial charge in [0, 0.05) is 25.4 Å². The zero-order chi connectivity index (χ0) is 12.9. The second kappa shape index (κ2) is 6.12. The Morgan fingerprint density at radius 3 is 2.59 bits per heavy atom. The van der Waals surface area contributed by atoms with E-state index in [1.807, 2.05) is 18.2 Å². The number of rotatable bonds is 6. The SMILES string of the molecule is COc1cc(NCCC(C)(C)OC)ccc1Cl. The molecule has 1 rings (SSSR count). The largest absolute Gasteiger partial charge is 0.495 e. The number of hydrogen-bond donors (Lipinski definition) is 1. The van der Waals surface area contributed by atoms with Gasteiger partial charge in [0.15, 0.2) is 0 Å². The van der Waals surface area contributed by atoms with Crippen LogP contribution in [0.15, 0.2) is 18.2 Å². The number of halogens is 1. The highest BCUT2D eigenvalue weighted by molar-refractivity contribution is 6.32. The first-order chi connectivity index (χ1) is 7.98. The summed E-state index contributed by atoms with van der Waals surface area (Å²) in [5, 5.41) is 3.94. The van der Waals surface area contributed by atoms with Gasteiger partial charge < -0.3 is 14.8 Å². The van der Waals surface area contributed by atoms with E-state index in [9.17, 15) is 0 Å². The Balaban J connectivity index is 2.53. The maximum absolute atomic E-state index is 5.95. The summed E-state index contributed by atoms with van der Waals surface area (Å²) in [5.74, 6) is 0.683. The second-order valence-electron chi connectivity index (χ2n) is 4.49. The second-order valence-corrected chi connectivity index (χ2v) is 4.90. The van der Waals surface area contributed by atoms with E-state index >= 15 is 0 Å². The molecule has 0 saturated carbocycles. The average molecular weight is 258 g/mol. The molecule has 0 aliphatic carbocycles. The van der Waals surface area contributed by atoms with E-state index in [-0.39, 0.29) is 5.60 Å². The Morgan fingerprint density at radius 1 is 1.29 bits per heavy atom. The van der Waals surface area contributed by atoms with E-state index in [0.717, 1.165) is 18.7 Å². The van der Waals surface area contributed by atoms with E-state index in [4.69, 9.17) is 21.1 Å². The lowest BCUT2D eigenvalue weighted by atomic mass is 10.1. The molecule has 3 nitrogen and oxygen atoms in total. The van der Waals surface area contributed by atoms with Crippen molar-refractivity contribution >= 4 is 17.3 Å². The summed E-state index contributed by atoms with van der Waals surface area (Å²) < 4.78 is 10.5. The molecule has 0 radical (unpaired) electrons. The minimum Gasteiger partial charge on any atom is -0.495 e. The smallest absolute Gasteiger partial charge is 0.139 e. The molecule has 0 fully saturated rings. The lowest BCUT2D eigenvalue weighted by Crippen LogP contribution is -2.25. The molecule has 0 aromatic heterocycles. The quantitative estimate of drug-likeness (QED) is 0.845. The van der Waals surface area contributed by atoms with Crippen molar-refractivity contribution < 1.29 is 9.47 Å². The highest BCUT2D eigenvalue weighted by Gasteiger charge is 2.15. The molecule has 0 aliphatic rings. The fourth-order valence-corrected chi connectivity index (χ4v) is 1.57. The van der Waals surface area contributed by atoms with Gasteiger partial charge in [-0.2, -0.15) is 0 Å². The molecule has 4 heteroatoms. The summed E-state index contributed by atoms with van der Waals surface area (Å²) in [5.41, 5.74) is 0.891. The van der Waals surface area contributed by atoms with E-state index in [1.54, 1.807) is 14.2 Å². The Labute approximate surface area is 108 Å². The molecule has 0 amide bonds. The van der Waals surface area contributed by atoms with Crippen LogP contribution in [0.2, 0.25) is 5.02 Å². The predicted molar refractivity (Wildman–Crippen MR) is 72.2 cm³/mol. The summed E-state index contributed by atoms with van der Waals surface area (Å²) in [6, 6.07) is 5.65. The Morgan fingerprint density at radius 2 is 2.00 bits per heavy atom. The number of nitrogens with one attached hydrogen (secondary N) is 1. The molecule has 0 bridgehead atoms. The zero-order valence-electron chi connectivity index (χ0n) is 10.8. The summed E-state index contributed by atoms with van der Waals surface area (Å²) >= 11 is 5.95. The number of anilines is 1. The van der Waals surface area contributed by atoms with Crippen molar-refractivity contribution in [1.29, 1.82) is 0 Å². The van der Waals surface area contributed by atoms with Gasteiger partial charge in [0.25, 0.3) is 0 Å². The minimum atomic E-state index is -0.108. The molecular formula is C13H20ClNO2. The maximum Gasteiger partial charge on any atom is 0.139 e. The van der Waals surface area contributed by atoms with Gasteiger partial charge in [0.2, 0.25) is 0 Å². The van der Waals surface area contributed by atoms with E-state index in [1.165, 1.54) is 0 Å². The third-order valence-electron chi connectivity index (χ3n) is 2.76. The number of hydrogen-bond acceptors (Lipinski definition) is 3. The third kappa shape index (κ3) is 4.44. The van der Waals surface area contributed by atoms with Crippen LogP contribution in [0.1, 0.15) is 20.3 Å². The normalized spacial score (nSPS) is 11.4. The molecule has 0 unspecified atom stereocenters. The van der Waals surface area contributed by atoms with Gasteiger partial charge in [-0.1, -0.05) is 11.6 Å². The molecule has 0 spiro atoms. The fraction of sp³-hybridized carbons (Fsp3) is 0.538. The third-order valence-corrected chi connectivity index (χ3v) is 3.07. The van der Waals surface area contributed by atoms with Gasteiger partial charge in [-0.15, -0.1) is 0 Å². The van der Waals surface area contributed by atoms with Crippen molar-refractivity contribution in [2.75, 3.05) is 26.1 Å². The van der Waals surface area contributed by atoms with Crippen LogP contribution < -0.4 is 10.1 Å². The van der Waals surface area contributed by atoms with Crippen molar-refractivity contribution in [2.24, 2.45) is 0 Å². The first-order valence-electron chi connectivity index (χ1n) is 5.61. The van der Waals surface area contributed by atoms with Gasteiger partial charge in [-0.05, 0) is 32.4 Å². The van der Waals surface area contributed by atoms with Crippen LogP contribution in [0, 0.1) is 0 Å². The molecule has 0 aliphatic heterocycles. The van der Waals surface area contributed by atoms with Gasteiger partial charge in [0.1, 0.15) is 5.75 Å². The van der Waals surface area contributed by atoms with Crippen LogP contribution in [-0.2, 0) is 4.74 Å². The van der Waals surface area contributed by atoms with Gasteiger partial charge in [0.05, 0.1) is 17.7 Å². The average Bonchev–Trinajstić information content (AvgIpc) is 2.31. The van der Waals surface area contributed by atoms with Crippen LogP contribution in [0.3, 0.4) is 0 Å². The standard InChI is InChI=1S/C13H20ClNO2/c1-13(2,17-4)7-8-15-10-5-6-11(14)12(9-10)16-3/h5-6,9,15H,7-8H2,1-4H3. The monoisotopic (exact) mass is 257 g/mol. The van der Waals surface area contributed by atoms with Gasteiger partial charge in [-0.25, -0.2) is 0 Å². The fourth-order valence-electron chi connectivity index (χ4n) is 1.38. The number of benzene rings is 1. The number of methoxy groups -OCH3 is 2. The van der Waals surface area contributed by atoms with Crippen LogP contribution in [0.25, 0.3) is 0 Å². The molecule has 96 valence electrons.